The molecular weight excluding hydrogens is 260 g/mol. The first kappa shape index (κ1) is 13.7. The van der Waals surface area contributed by atoms with Gasteiger partial charge in [0.05, 0.1) is 29.6 Å². The fraction of sp³-hybridized carbons (Fsp3) is 0.286. The number of aryl methyl sites for hydroxylation is 1. The number of carbonyl (C=O) groups excluding carboxylic acids is 1. The lowest BCUT2D eigenvalue weighted by atomic mass is 10.0. The van der Waals surface area contributed by atoms with E-state index >= 15 is 0 Å². The molecule has 0 radical (unpaired) electrons. The number of rotatable bonds is 4. The van der Waals surface area contributed by atoms with E-state index in [1.807, 2.05) is 36.7 Å². The molecule has 1 heterocycles. The smallest absolute Gasteiger partial charge is 0.307 e. The van der Waals surface area contributed by atoms with Crippen molar-refractivity contribution in [1.29, 1.82) is 0 Å². The summed E-state index contributed by atoms with van der Waals surface area (Å²) < 4.78 is 4.62. The summed E-state index contributed by atoms with van der Waals surface area (Å²) in [5.41, 5.74) is 10.9. The van der Waals surface area contributed by atoms with Crippen molar-refractivity contribution in [3.63, 3.8) is 0 Å². The highest BCUT2D eigenvalue weighted by molar-refractivity contribution is 7.13. The molecule has 1 atom stereocenters. The lowest BCUT2D eigenvalue weighted by molar-refractivity contribution is -0.141. The topological polar surface area (TPSA) is 65.2 Å². The van der Waals surface area contributed by atoms with Gasteiger partial charge in [-0.05, 0) is 18.1 Å². The summed E-state index contributed by atoms with van der Waals surface area (Å²) >= 11 is 1.61. The lowest BCUT2D eigenvalue weighted by Gasteiger charge is -2.11. The molecule has 1 aromatic heterocycles. The molecule has 1 aromatic carbocycles. The maximum Gasteiger partial charge on any atom is 0.307 e. The van der Waals surface area contributed by atoms with E-state index in [0.717, 1.165) is 21.7 Å². The van der Waals surface area contributed by atoms with Crippen LogP contribution in [0.25, 0.3) is 10.4 Å². The van der Waals surface area contributed by atoms with Crippen LogP contribution in [0, 0.1) is 6.92 Å². The van der Waals surface area contributed by atoms with Gasteiger partial charge in [-0.1, -0.05) is 24.3 Å². The Kier molecular flexibility index (Phi) is 4.29. The molecule has 2 N–H and O–H groups in total. The van der Waals surface area contributed by atoms with Crippen LogP contribution in [0.4, 0.5) is 0 Å². The molecule has 0 saturated carbocycles. The van der Waals surface area contributed by atoms with Crippen LogP contribution in [0.3, 0.4) is 0 Å². The van der Waals surface area contributed by atoms with E-state index in [2.05, 4.69) is 9.72 Å². The first-order valence-electron chi connectivity index (χ1n) is 5.94. The van der Waals surface area contributed by atoms with Crippen molar-refractivity contribution in [3.05, 3.63) is 41.0 Å². The van der Waals surface area contributed by atoms with Gasteiger partial charge >= 0.3 is 5.97 Å². The molecule has 0 bridgehead atoms. The second-order valence-corrected chi connectivity index (χ2v) is 5.13. The maximum absolute atomic E-state index is 11.2. The van der Waals surface area contributed by atoms with Gasteiger partial charge in [0.25, 0.3) is 0 Å². The summed E-state index contributed by atoms with van der Waals surface area (Å²) in [5.74, 6) is -0.296. The number of nitrogens with zero attached hydrogens (tertiary/aromatic N) is 1. The van der Waals surface area contributed by atoms with Gasteiger partial charge in [0.2, 0.25) is 0 Å². The molecule has 0 saturated heterocycles. The highest BCUT2D eigenvalue weighted by Crippen LogP contribution is 2.28. The van der Waals surface area contributed by atoms with E-state index < -0.39 is 0 Å². The molecule has 0 aliphatic rings. The van der Waals surface area contributed by atoms with Crippen molar-refractivity contribution in [1.82, 2.24) is 4.98 Å². The van der Waals surface area contributed by atoms with Gasteiger partial charge in [-0.3, -0.25) is 4.79 Å². The minimum absolute atomic E-state index is 0.190. The Bertz CT molecular complexity index is 563. The van der Waals surface area contributed by atoms with Crippen LogP contribution in [-0.2, 0) is 9.53 Å². The van der Waals surface area contributed by atoms with Crippen LogP contribution in [0.1, 0.15) is 23.7 Å². The molecule has 4 nitrogen and oxygen atoms in total. The molecule has 2 aromatic rings. The minimum atomic E-state index is -0.330. The SMILES string of the molecule is COC(=O)C[C@@H](N)c1ccc(-c2scnc2C)cc1. The fourth-order valence-electron chi connectivity index (χ4n) is 1.84. The lowest BCUT2D eigenvalue weighted by Crippen LogP contribution is -2.16. The van der Waals surface area contributed by atoms with Crippen LogP contribution < -0.4 is 5.73 Å². The van der Waals surface area contributed by atoms with E-state index in [9.17, 15) is 4.79 Å². The number of hydrogen-bond donors (Lipinski definition) is 1. The minimum Gasteiger partial charge on any atom is -0.469 e. The Hall–Kier alpha value is -1.72. The Morgan fingerprint density at radius 1 is 1.42 bits per heavy atom. The standard InChI is InChI=1S/C14H16N2O2S/c1-9-14(19-8-16-9)11-5-3-10(4-6-11)12(15)7-13(17)18-2/h3-6,8,12H,7,15H2,1-2H3/t12-/m1/s1. The largest absolute Gasteiger partial charge is 0.469 e. The van der Waals surface area contributed by atoms with Crippen molar-refractivity contribution >= 4 is 17.3 Å². The molecule has 2 rings (SSSR count). The Morgan fingerprint density at radius 3 is 2.63 bits per heavy atom. The number of esters is 1. The van der Waals surface area contributed by atoms with Crippen LogP contribution in [0.2, 0.25) is 0 Å². The van der Waals surface area contributed by atoms with Crippen LogP contribution in [0.15, 0.2) is 29.8 Å². The molecule has 0 unspecified atom stereocenters. The Labute approximate surface area is 116 Å². The average Bonchev–Trinajstić information content (AvgIpc) is 2.85. The number of carbonyl (C=O) groups is 1. The molecule has 5 heteroatoms. The number of thiazole rings is 1. The number of hydrogen-bond acceptors (Lipinski definition) is 5. The van der Waals surface area contributed by atoms with Crippen molar-refractivity contribution in [3.8, 4) is 10.4 Å². The predicted molar refractivity (Wildman–Crippen MR) is 75.8 cm³/mol. The third-order valence-corrected chi connectivity index (χ3v) is 3.94. The maximum atomic E-state index is 11.2. The van der Waals surface area contributed by atoms with Gasteiger partial charge in [-0.15, -0.1) is 11.3 Å². The van der Waals surface area contributed by atoms with Crippen molar-refractivity contribution in [2.75, 3.05) is 7.11 Å². The Balaban J connectivity index is 2.15. The first-order chi connectivity index (χ1) is 9.11. The van der Waals surface area contributed by atoms with Crippen LogP contribution in [0.5, 0.6) is 0 Å². The van der Waals surface area contributed by atoms with E-state index in [1.54, 1.807) is 11.3 Å². The number of nitrogens with two attached hydrogens (primary N) is 1. The van der Waals surface area contributed by atoms with E-state index in [4.69, 9.17) is 5.73 Å². The van der Waals surface area contributed by atoms with Crippen molar-refractivity contribution in [2.24, 2.45) is 5.73 Å². The normalized spacial score (nSPS) is 12.2. The second kappa shape index (κ2) is 5.95. The summed E-state index contributed by atoms with van der Waals surface area (Å²) in [4.78, 5) is 16.6. The van der Waals surface area contributed by atoms with Crippen molar-refractivity contribution in [2.45, 2.75) is 19.4 Å². The predicted octanol–water partition coefficient (Wildman–Crippen LogP) is 2.68. The molecular formula is C14H16N2O2S. The molecule has 100 valence electrons. The fourth-order valence-corrected chi connectivity index (χ4v) is 2.65. The van der Waals surface area contributed by atoms with E-state index in [0.29, 0.717) is 0 Å². The summed E-state index contributed by atoms with van der Waals surface area (Å²) in [5, 5.41) is 0. The quantitative estimate of drug-likeness (QED) is 0.872. The summed E-state index contributed by atoms with van der Waals surface area (Å²) in [6.45, 7) is 1.99. The summed E-state index contributed by atoms with van der Waals surface area (Å²) in [6.07, 6.45) is 0.190. The van der Waals surface area contributed by atoms with Crippen molar-refractivity contribution < 1.29 is 9.53 Å². The summed E-state index contributed by atoms with van der Waals surface area (Å²) in [6, 6.07) is 7.58. The summed E-state index contributed by atoms with van der Waals surface area (Å²) in [7, 11) is 1.37. The van der Waals surface area contributed by atoms with Crippen LogP contribution >= 0.6 is 11.3 Å². The van der Waals surface area contributed by atoms with E-state index in [1.165, 1.54) is 7.11 Å². The highest BCUT2D eigenvalue weighted by Gasteiger charge is 2.12. The Morgan fingerprint density at radius 2 is 2.11 bits per heavy atom. The first-order valence-corrected chi connectivity index (χ1v) is 6.82. The second-order valence-electron chi connectivity index (χ2n) is 4.28. The average molecular weight is 276 g/mol. The zero-order valence-corrected chi connectivity index (χ0v) is 11.7. The monoisotopic (exact) mass is 276 g/mol. The zero-order chi connectivity index (χ0) is 13.8. The third kappa shape index (κ3) is 3.19. The van der Waals surface area contributed by atoms with Crippen LogP contribution in [-0.4, -0.2) is 18.1 Å². The van der Waals surface area contributed by atoms with Gasteiger partial charge < -0.3 is 10.5 Å². The molecule has 19 heavy (non-hydrogen) atoms. The molecule has 0 fully saturated rings. The number of benzene rings is 1. The molecule has 0 aliphatic heterocycles. The zero-order valence-electron chi connectivity index (χ0n) is 10.9. The van der Waals surface area contributed by atoms with Gasteiger partial charge in [0.15, 0.2) is 0 Å². The highest BCUT2D eigenvalue weighted by atomic mass is 32.1. The third-order valence-electron chi connectivity index (χ3n) is 2.96. The molecule has 0 aliphatic carbocycles. The van der Waals surface area contributed by atoms with Gasteiger partial charge in [-0.25, -0.2) is 4.98 Å². The number of ether oxygens (including phenoxy) is 1. The number of methoxy groups -OCH3 is 1. The molecule has 0 amide bonds. The van der Waals surface area contributed by atoms with Gasteiger partial charge in [0, 0.05) is 6.04 Å². The van der Waals surface area contributed by atoms with E-state index in [-0.39, 0.29) is 18.4 Å². The van der Waals surface area contributed by atoms with Gasteiger partial charge in [-0.2, -0.15) is 0 Å². The van der Waals surface area contributed by atoms with Gasteiger partial charge in [0.1, 0.15) is 0 Å². The number of aromatic nitrogens is 1. The molecule has 0 spiro atoms.